The standard InChI is InChI=1S/C18H21ClN2O/c1-12(13-7-5-8-14(19)11-13)15-9-6-10-20-16(15)17(22)21-18(2,3)4/h5-12H,1-4H3,(H,21,22). The minimum atomic E-state index is -0.300. The molecule has 22 heavy (non-hydrogen) atoms. The zero-order chi connectivity index (χ0) is 16.3. The third kappa shape index (κ3) is 4.08. The van der Waals surface area contributed by atoms with Crippen molar-refractivity contribution in [1.82, 2.24) is 10.3 Å². The van der Waals surface area contributed by atoms with Crippen molar-refractivity contribution in [3.8, 4) is 0 Å². The molecule has 0 saturated carbocycles. The highest BCUT2D eigenvalue weighted by Crippen LogP contribution is 2.27. The molecule has 1 heterocycles. The lowest BCUT2D eigenvalue weighted by molar-refractivity contribution is 0.0913. The Morgan fingerprint density at radius 2 is 1.95 bits per heavy atom. The van der Waals surface area contributed by atoms with Gasteiger partial charge in [0.15, 0.2) is 0 Å². The average molecular weight is 317 g/mol. The van der Waals surface area contributed by atoms with Crippen LogP contribution < -0.4 is 5.32 Å². The largest absolute Gasteiger partial charge is 0.346 e. The number of pyridine rings is 1. The Labute approximate surface area is 136 Å². The van der Waals surface area contributed by atoms with Crippen LogP contribution in [0.1, 0.15) is 55.2 Å². The van der Waals surface area contributed by atoms with Crippen LogP contribution in [0.15, 0.2) is 42.6 Å². The highest BCUT2D eigenvalue weighted by atomic mass is 35.5. The maximum absolute atomic E-state index is 12.5. The third-order valence-electron chi connectivity index (χ3n) is 3.36. The van der Waals surface area contributed by atoms with E-state index in [1.54, 1.807) is 6.20 Å². The first-order valence-corrected chi connectivity index (χ1v) is 7.68. The fourth-order valence-electron chi connectivity index (χ4n) is 2.31. The predicted octanol–water partition coefficient (Wildman–Crippen LogP) is 4.42. The third-order valence-corrected chi connectivity index (χ3v) is 3.59. The van der Waals surface area contributed by atoms with Gasteiger partial charge in [-0.2, -0.15) is 0 Å². The smallest absolute Gasteiger partial charge is 0.270 e. The van der Waals surface area contributed by atoms with Crippen LogP contribution in [-0.4, -0.2) is 16.4 Å². The lowest BCUT2D eigenvalue weighted by Gasteiger charge is -2.22. The fourth-order valence-corrected chi connectivity index (χ4v) is 2.51. The Morgan fingerprint density at radius 3 is 2.59 bits per heavy atom. The van der Waals surface area contributed by atoms with Crippen molar-refractivity contribution < 1.29 is 4.79 Å². The molecule has 1 aromatic carbocycles. The second-order valence-electron chi connectivity index (χ2n) is 6.42. The summed E-state index contributed by atoms with van der Waals surface area (Å²) >= 11 is 6.07. The molecule has 0 fully saturated rings. The summed E-state index contributed by atoms with van der Waals surface area (Å²) in [5, 5.41) is 3.65. The molecule has 1 amide bonds. The summed E-state index contributed by atoms with van der Waals surface area (Å²) < 4.78 is 0. The molecular weight excluding hydrogens is 296 g/mol. The molecule has 1 N–H and O–H groups in total. The number of aromatic nitrogens is 1. The SMILES string of the molecule is CC(c1cccc(Cl)c1)c1cccnc1C(=O)NC(C)(C)C. The second kappa shape index (κ2) is 6.49. The van der Waals surface area contributed by atoms with E-state index in [0.29, 0.717) is 10.7 Å². The highest BCUT2D eigenvalue weighted by Gasteiger charge is 2.22. The molecule has 4 heteroatoms. The van der Waals surface area contributed by atoms with Crippen molar-refractivity contribution in [2.24, 2.45) is 0 Å². The number of carbonyl (C=O) groups is 1. The maximum atomic E-state index is 12.5. The Morgan fingerprint density at radius 1 is 1.23 bits per heavy atom. The van der Waals surface area contributed by atoms with Gasteiger partial charge in [0.1, 0.15) is 5.69 Å². The number of rotatable bonds is 3. The van der Waals surface area contributed by atoms with Gasteiger partial charge < -0.3 is 5.32 Å². The Hall–Kier alpha value is -1.87. The minimum Gasteiger partial charge on any atom is -0.346 e. The Bertz CT molecular complexity index is 677. The average Bonchev–Trinajstić information content (AvgIpc) is 2.44. The van der Waals surface area contributed by atoms with Crippen molar-refractivity contribution in [1.29, 1.82) is 0 Å². The summed E-state index contributed by atoms with van der Waals surface area (Å²) in [5.41, 5.74) is 2.12. The molecule has 0 bridgehead atoms. The monoisotopic (exact) mass is 316 g/mol. The molecule has 1 aromatic heterocycles. The van der Waals surface area contributed by atoms with Crippen molar-refractivity contribution >= 4 is 17.5 Å². The number of amides is 1. The zero-order valence-corrected chi connectivity index (χ0v) is 14.1. The van der Waals surface area contributed by atoms with Gasteiger partial charge in [-0.3, -0.25) is 9.78 Å². The number of hydrogen-bond acceptors (Lipinski definition) is 2. The van der Waals surface area contributed by atoms with E-state index in [4.69, 9.17) is 11.6 Å². The first-order chi connectivity index (χ1) is 10.3. The van der Waals surface area contributed by atoms with Gasteiger partial charge in [-0.25, -0.2) is 0 Å². The molecule has 0 aliphatic carbocycles. The molecule has 0 aliphatic heterocycles. The van der Waals surface area contributed by atoms with Crippen LogP contribution in [0.3, 0.4) is 0 Å². The lowest BCUT2D eigenvalue weighted by Crippen LogP contribution is -2.41. The molecule has 0 radical (unpaired) electrons. The quantitative estimate of drug-likeness (QED) is 0.911. The van der Waals surface area contributed by atoms with Crippen LogP contribution >= 0.6 is 11.6 Å². The van der Waals surface area contributed by atoms with Gasteiger partial charge in [0.25, 0.3) is 5.91 Å². The molecule has 0 aliphatic rings. The van der Waals surface area contributed by atoms with Gasteiger partial charge in [0.05, 0.1) is 0 Å². The summed E-state index contributed by atoms with van der Waals surface area (Å²) in [5.74, 6) is -0.120. The van der Waals surface area contributed by atoms with E-state index in [2.05, 4.69) is 17.2 Å². The van der Waals surface area contributed by atoms with E-state index in [1.807, 2.05) is 57.2 Å². The van der Waals surface area contributed by atoms with Gasteiger partial charge in [0, 0.05) is 22.7 Å². The van der Waals surface area contributed by atoms with E-state index in [9.17, 15) is 4.79 Å². The fraction of sp³-hybridized carbons (Fsp3) is 0.333. The first kappa shape index (κ1) is 16.5. The van der Waals surface area contributed by atoms with E-state index >= 15 is 0 Å². The van der Waals surface area contributed by atoms with Crippen LogP contribution in [-0.2, 0) is 0 Å². The van der Waals surface area contributed by atoms with Crippen molar-refractivity contribution in [2.75, 3.05) is 0 Å². The van der Waals surface area contributed by atoms with Crippen molar-refractivity contribution in [2.45, 2.75) is 39.2 Å². The highest BCUT2D eigenvalue weighted by molar-refractivity contribution is 6.30. The Balaban J connectivity index is 2.38. The molecule has 2 aromatic rings. The summed E-state index contributed by atoms with van der Waals surface area (Å²) in [4.78, 5) is 16.8. The summed E-state index contributed by atoms with van der Waals surface area (Å²) in [7, 11) is 0. The summed E-state index contributed by atoms with van der Waals surface area (Å²) in [6.45, 7) is 7.91. The molecule has 3 nitrogen and oxygen atoms in total. The number of hydrogen-bond donors (Lipinski definition) is 1. The van der Waals surface area contributed by atoms with Gasteiger partial charge >= 0.3 is 0 Å². The van der Waals surface area contributed by atoms with E-state index in [-0.39, 0.29) is 17.4 Å². The number of halogens is 1. The van der Waals surface area contributed by atoms with Crippen LogP contribution in [0.2, 0.25) is 5.02 Å². The number of nitrogens with zero attached hydrogens (tertiary/aromatic N) is 1. The number of benzene rings is 1. The molecule has 1 atom stereocenters. The van der Waals surface area contributed by atoms with E-state index < -0.39 is 0 Å². The lowest BCUT2D eigenvalue weighted by atomic mass is 9.91. The maximum Gasteiger partial charge on any atom is 0.270 e. The topological polar surface area (TPSA) is 42.0 Å². The molecule has 116 valence electrons. The van der Waals surface area contributed by atoms with Crippen LogP contribution in [0, 0.1) is 0 Å². The zero-order valence-electron chi connectivity index (χ0n) is 13.4. The van der Waals surface area contributed by atoms with Gasteiger partial charge in [-0.05, 0) is 50.1 Å². The first-order valence-electron chi connectivity index (χ1n) is 7.31. The molecular formula is C18H21ClN2O. The minimum absolute atomic E-state index is 0.0353. The number of carbonyl (C=O) groups excluding carboxylic acids is 1. The van der Waals surface area contributed by atoms with E-state index in [1.165, 1.54) is 0 Å². The molecule has 2 rings (SSSR count). The normalized spacial score (nSPS) is 12.8. The molecule has 1 unspecified atom stereocenters. The molecule has 0 spiro atoms. The predicted molar refractivity (Wildman–Crippen MR) is 90.4 cm³/mol. The molecule has 0 saturated heterocycles. The van der Waals surface area contributed by atoms with Crippen molar-refractivity contribution in [3.05, 3.63) is 64.4 Å². The van der Waals surface area contributed by atoms with E-state index in [0.717, 1.165) is 11.1 Å². The van der Waals surface area contributed by atoms with Gasteiger partial charge in [-0.1, -0.05) is 36.7 Å². The van der Waals surface area contributed by atoms with Crippen LogP contribution in [0.25, 0.3) is 0 Å². The van der Waals surface area contributed by atoms with Crippen LogP contribution in [0.4, 0.5) is 0 Å². The van der Waals surface area contributed by atoms with Crippen molar-refractivity contribution in [3.63, 3.8) is 0 Å². The van der Waals surface area contributed by atoms with Crippen LogP contribution in [0.5, 0.6) is 0 Å². The van der Waals surface area contributed by atoms with Gasteiger partial charge in [-0.15, -0.1) is 0 Å². The number of nitrogens with one attached hydrogen (secondary N) is 1. The van der Waals surface area contributed by atoms with Gasteiger partial charge in [0.2, 0.25) is 0 Å². The Kier molecular flexibility index (Phi) is 4.87. The summed E-state index contributed by atoms with van der Waals surface area (Å²) in [6.07, 6.45) is 1.64. The second-order valence-corrected chi connectivity index (χ2v) is 6.86. The summed E-state index contributed by atoms with van der Waals surface area (Å²) in [6, 6.07) is 11.5.